The van der Waals surface area contributed by atoms with Crippen molar-refractivity contribution in [3.05, 3.63) is 23.8 Å². The number of carboxylic acid groups (broad SMARTS) is 1. The predicted octanol–water partition coefficient (Wildman–Crippen LogP) is 1.42. The Morgan fingerprint density at radius 3 is 2.56 bits per heavy atom. The number of ether oxygens (including phenoxy) is 2. The van der Waals surface area contributed by atoms with E-state index in [9.17, 15) is 4.79 Å². The Bertz CT molecular complexity index is 436. The van der Waals surface area contributed by atoms with Crippen LogP contribution in [0.25, 0.3) is 0 Å². The highest BCUT2D eigenvalue weighted by atomic mass is 16.5. The molecule has 1 rings (SSSR count). The highest BCUT2D eigenvalue weighted by Crippen LogP contribution is 2.23. The predicted molar refractivity (Wildman–Crippen MR) is 55.4 cm³/mol. The molecule has 1 N–H and O–H groups in total. The molecule has 0 bridgehead atoms. The number of hydrogen-bond donors (Lipinski definition) is 1. The van der Waals surface area contributed by atoms with Gasteiger partial charge in [-0.25, -0.2) is 4.79 Å². The number of methoxy groups -OCH3 is 1. The first-order valence-corrected chi connectivity index (χ1v) is 4.55. The van der Waals surface area contributed by atoms with Gasteiger partial charge >= 0.3 is 5.97 Å². The number of hydrogen-bond acceptors (Lipinski definition) is 4. The maximum atomic E-state index is 10.6. The molecule has 0 aromatic heterocycles. The van der Waals surface area contributed by atoms with Crippen molar-refractivity contribution in [2.45, 2.75) is 13.0 Å². The molecule has 0 aliphatic carbocycles. The van der Waals surface area contributed by atoms with Crippen molar-refractivity contribution >= 4 is 5.97 Å². The van der Waals surface area contributed by atoms with E-state index in [1.807, 2.05) is 6.07 Å². The molecule has 1 unspecified atom stereocenters. The fourth-order valence-corrected chi connectivity index (χ4v) is 1.08. The lowest BCUT2D eigenvalue weighted by atomic mass is 10.2. The minimum Gasteiger partial charge on any atom is -0.497 e. The first kappa shape index (κ1) is 11.9. The van der Waals surface area contributed by atoms with Gasteiger partial charge in [0.1, 0.15) is 11.5 Å². The van der Waals surface area contributed by atoms with Gasteiger partial charge in [-0.3, -0.25) is 0 Å². The zero-order chi connectivity index (χ0) is 12.1. The fraction of sp³-hybridized carbons (Fsp3) is 0.273. The minimum atomic E-state index is -1.07. The van der Waals surface area contributed by atoms with Crippen LogP contribution >= 0.6 is 0 Å². The molecule has 1 aromatic carbocycles. The van der Waals surface area contributed by atoms with Gasteiger partial charge in [0.25, 0.3) is 0 Å². The SMILES string of the molecule is COc1cc(C#N)cc(OC(C)C(=O)O)c1. The molecule has 0 heterocycles. The van der Waals surface area contributed by atoms with E-state index in [1.54, 1.807) is 0 Å². The summed E-state index contributed by atoms with van der Waals surface area (Å²) in [6.45, 7) is 1.41. The van der Waals surface area contributed by atoms with Gasteiger partial charge in [0.05, 0.1) is 18.7 Å². The van der Waals surface area contributed by atoms with Gasteiger partial charge in [-0.05, 0) is 19.1 Å². The van der Waals surface area contributed by atoms with Crippen LogP contribution in [0, 0.1) is 11.3 Å². The topological polar surface area (TPSA) is 79.5 Å². The average Bonchev–Trinajstić information content (AvgIpc) is 2.28. The molecule has 1 atom stereocenters. The molecule has 0 aliphatic heterocycles. The number of nitrogens with zero attached hydrogens (tertiary/aromatic N) is 1. The van der Waals surface area contributed by atoms with Crippen LogP contribution in [-0.2, 0) is 4.79 Å². The van der Waals surface area contributed by atoms with Crippen molar-refractivity contribution in [3.63, 3.8) is 0 Å². The summed E-state index contributed by atoms with van der Waals surface area (Å²) in [6.07, 6.45) is -0.973. The first-order valence-electron chi connectivity index (χ1n) is 4.55. The van der Waals surface area contributed by atoms with Crippen LogP contribution in [0.4, 0.5) is 0 Å². The average molecular weight is 221 g/mol. The molecule has 1 aromatic rings. The highest BCUT2D eigenvalue weighted by molar-refractivity contribution is 5.72. The minimum absolute atomic E-state index is 0.297. The second-order valence-electron chi connectivity index (χ2n) is 3.11. The van der Waals surface area contributed by atoms with Gasteiger partial charge in [-0.15, -0.1) is 0 Å². The van der Waals surface area contributed by atoms with Crippen molar-refractivity contribution in [3.8, 4) is 17.6 Å². The Labute approximate surface area is 92.8 Å². The summed E-state index contributed by atoms with van der Waals surface area (Å²) in [5.74, 6) is -0.321. The molecule has 16 heavy (non-hydrogen) atoms. The molecule has 0 aliphatic rings. The Morgan fingerprint density at radius 2 is 2.06 bits per heavy atom. The Balaban J connectivity index is 2.96. The van der Waals surface area contributed by atoms with E-state index < -0.39 is 12.1 Å². The van der Waals surface area contributed by atoms with Crippen molar-refractivity contribution in [1.29, 1.82) is 5.26 Å². The van der Waals surface area contributed by atoms with Gasteiger partial charge in [-0.2, -0.15) is 5.26 Å². The van der Waals surface area contributed by atoms with E-state index in [4.69, 9.17) is 19.8 Å². The largest absolute Gasteiger partial charge is 0.497 e. The standard InChI is InChI=1S/C11H11NO4/c1-7(11(13)14)16-10-4-8(6-12)3-9(5-10)15-2/h3-5,7H,1-2H3,(H,13,14). The summed E-state index contributed by atoms with van der Waals surface area (Å²) in [5, 5.41) is 17.4. The molecule has 0 amide bonds. The fourth-order valence-electron chi connectivity index (χ4n) is 1.08. The summed E-state index contributed by atoms with van der Waals surface area (Å²) in [4.78, 5) is 10.6. The molecule has 5 nitrogen and oxygen atoms in total. The molecular weight excluding hydrogens is 210 g/mol. The molecule has 5 heteroatoms. The summed E-state index contributed by atoms with van der Waals surface area (Å²) in [6, 6.07) is 6.47. The summed E-state index contributed by atoms with van der Waals surface area (Å²) in [5.41, 5.74) is 0.354. The number of carboxylic acids is 1. The van der Waals surface area contributed by atoms with E-state index in [2.05, 4.69) is 0 Å². The van der Waals surface area contributed by atoms with Gasteiger partial charge in [-0.1, -0.05) is 0 Å². The van der Waals surface area contributed by atoms with Gasteiger partial charge < -0.3 is 14.6 Å². The lowest BCUT2D eigenvalue weighted by Gasteiger charge is -2.11. The maximum Gasteiger partial charge on any atom is 0.344 e. The number of benzene rings is 1. The third kappa shape index (κ3) is 2.89. The summed E-state index contributed by atoms with van der Waals surface area (Å²) < 4.78 is 10.1. The third-order valence-electron chi connectivity index (χ3n) is 1.91. The van der Waals surface area contributed by atoms with Crippen molar-refractivity contribution < 1.29 is 19.4 Å². The molecule has 0 saturated heterocycles. The number of rotatable bonds is 4. The van der Waals surface area contributed by atoms with Crippen LogP contribution in [0.3, 0.4) is 0 Å². The van der Waals surface area contributed by atoms with Crippen molar-refractivity contribution in [1.82, 2.24) is 0 Å². The lowest BCUT2D eigenvalue weighted by molar-refractivity contribution is -0.144. The van der Waals surface area contributed by atoms with Gasteiger partial charge in [0.2, 0.25) is 0 Å². The lowest BCUT2D eigenvalue weighted by Crippen LogP contribution is -2.22. The molecule has 0 spiro atoms. The number of aliphatic carboxylic acids is 1. The third-order valence-corrected chi connectivity index (χ3v) is 1.91. The van der Waals surface area contributed by atoms with Crippen LogP contribution in [0.2, 0.25) is 0 Å². The Morgan fingerprint density at radius 1 is 1.44 bits per heavy atom. The normalized spacial score (nSPS) is 11.3. The second kappa shape index (κ2) is 5.03. The summed E-state index contributed by atoms with van der Waals surface area (Å²) in [7, 11) is 1.46. The monoisotopic (exact) mass is 221 g/mol. The first-order chi connectivity index (χ1) is 7.56. The molecule has 0 radical (unpaired) electrons. The number of carbonyl (C=O) groups is 1. The Hall–Kier alpha value is -2.22. The van der Waals surface area contributed by atoms with E-state index in [1.165, 1.54) is 32.2 Å². The molecular formula is C11H11NO4. The van der Waals surface area contributed by atoms with Crippen molar-refractivity contribution in [2.24, 2.45) is 0 Å². The van der Waals surface area contributed by atoms with E-state index in [0.29, 0.717) is 17.1 Å². The zero-order valence-electron chi connectivity index (χ0n) is 8.93. The van der Waals surface area contributed by atoms with Crippen LogP contribution < -0.4 is 9.47 Å². The van der Waals surface area contributed by atoms with Crippen LogP contribution in [-0.4, -0.2) is 24.3 Å². The molecule has 84 valence electrons. The second-order valence-corrected chi connectivity index (χ2v) is 3.11. The van der Waals surface area contributed by atoms with E-state index in [0.717, 1.165) is 0 Å². The van der Waals surface area contributed by atoms with Gasteiger partial charge in [0, 0.05) is 6.07 Å². The van der Waals surface area contributed by atoms with Crippen LogP contribution in [0.5, 0.6) is 11.5 Å². The van der Waals surface area contributed by atoms with E-state index >= 15 is 0 Å². The quantitative estimate of drug-likeness (QED) is 0.831. The van der Waals surface area contributed by atoms with Crippen LogP contribution in [0.1, 0.15) is 12.5 Å². The van der Waals surface area contributed by atoms with Crippen LogP contribution in [0.15, 0.2) is 18.2 Å². The van der Waals surface area contributed by atoms with E-state index in [-0.39, 0.29) is 0 Å². The number of nitriles is 1. The highest BCUT2D eigenvalue weighted by Gasteiger charge is 2.13. The summed E-state index contributed by atoms with van der Waals surface area (Å²) >= 11 is 0. The molecule has 0 fully saturated rings. The zero-order valence-corrected chi connectivity index (χ0v) is 8.93. The van der Waals surface area contributed by atoms with Gasteiger partial charge in [0.15, 0.2) is 6.10 Å². The molecule has 0 saturated carbocycles. The van der Waals surface area contributed by atoms with Crippen molar-refractivity contribution in [2.75, 3.05) is 7.11 Å². The maximum absolute atomic E-state index is 10.6. The smallest absolute Gasteiger partial charge is 0.344 e. The Kier molecular flexibility index (Phi) is 3.72.